The van der Waals surface area contributed by atoms with Crippen LogP contribution in [0.1, 0.15) is 35.2 Å². The summed E-state index contributed by atoms with van der Waals surface area (Å²) in [5, 5.41) is 14.0. The maximum Gasteiger partial charge on any atom is 0.260 e. The number of hydrogen-bond donors (Lipinski definition) is 2. The first-order chi connectivity index (χ1) is 18.9. The highest BCUT2D eigenvalue weighted by atomic mass is 19.1. The van der Waals surface area contributed by atoms with Crippen LogP contribution in [-0.4, -0.2) is 78.4 Å². The van der Waals surface area contributed by atoms with E-state index in [9.17, 15) is 14.3 Å². The molecule has 0 spiro atoms. The number of carbonyl (C=O) groups is 1. The zero-order valence-corrected chi connectivity index (χ0v) is 22.2. The number of rotatable bonds is 6. The lowest BCUT2D eigenvalue weighted by Crippen LogP contribution is -2.45. The first-order valence-electron chi connectivity index (χ1n) is 13.5. The lowest BCUT2D eigenvalue weighted by atomic mass is 10.0. The number of likely N-dealkylation sites (N-methyl/N-ethyl adjacent to an activating group) is 1. The molecule has 39 heavy (non-hydrogen) atoms. The van der Waals surface area contributed by atoms with E-state index in [0.29, 0.717) is 34.2 Å². The molecule has 1 aromatic carbocycles. The van der Waals surface area contributed by atoms with E-state index in [0.717, 1.165) is 51.1 Å². The van der Waals surface area contributed by atoms with Gasteiger partial charge in [-0.3, -0.25) is 14.7 Å². The smallest absolute Gasteiger partial charge is 0.260 e. The molecule has 0 radical (unpaired) electrons. The highest BCUT2D eigenvalue weighted by Gasteiger charge is 2.35. The second kappa shape index (κ2) is 10.4. The van der Waals surface area contributed by atoms with Gasteiger partial charge < -0.3 is 25.0 Å². The summed E-state index contributed by atoms with van der Waals surface area (Å²) >= 11 is 0. The maximum absolute atomic E-state index is 15.0. The van der Waals surface area contributed by atoms with Gasteiger partial charge in [-0.05, 0) is 56.6 Å². The van der Waals surface area contributed by atoms with Gasteiger partial charge in [-0.1, -0.05) is 6.07 Å². The number of benzene rings is 1. The van der Waals surface area contributed by atoms with Crippen molar-refractivity contribution in [2.45, 2.75) is 38.0 Å². The molecule has 3 aromatic rings. The zero-order valence-electron chi connectivity index (χ0n) is 22.2. The lowest BCUT2D eigenvalue weighted by Gasteiger charge is -2.35. The predicted octanol–water partition coefficient (Wildman–Crippen LogP) is 3.53. The van der Waals surface area contributed by atoms with Gasteiger partial charge in [0.25, 0.3) is 5.91 Å². The van der Waals surface area contributed by atoms with E-state index in [2.05, 4.69) is 27.1 Å². The number of hydrogen-bond acceptors (Lipinski definition) is 8. The van der Waals surface area contributed by atoms with Crippen molar-refractivity contribution in [2.24, 2.45) is 0 Å². The molecule has 1 saturated heterocycles. The number of ether oxygens (including phenoxy) is 1. The minimum absolute atomic E-state index is 0.0882. The average Bonchev–Trinajstić information content (AvgIpc) is 3.51. The number of fused-ring (bicyclic) bond motifs is 1. The standard InChI is InChI=1S/C29H33FN6O3/c1-34-13-15-35(16-14-34)22-9-10-25(33-28(22)32-21-6-4-7-23(21)37)36-17-19-18(29(36)38)11-12-31-27(19)26-20(30)5-3-8-24(26)39-2/h3,5,8-12,21,23,37H,4,6-7,13-17H2,1-2H3,(H,32,33)/t21-,23+/m1/s1. The Hall–Kier alpha value is -3.76. The van der Waals surface area contributed by atoms with Gasteiger partial charge in [0, 0.05) is 43.5 Å². The van der Waals surface area contributed by atoms with Crippen molar-refractivity contribution in [3.8, 4) is 17.0 Å². The largest absolute Gasteiger partial charge is 0.496 e. The molecule has 2 aliphatic heterocycles. The number of amides is 1. The van der Waals surface area contributed by atoms with Crippen LogP contribution in [0.5, 0.6) is 5.75 Å². The third-order valence-electron chi connectivity index (χ3n) is 8.06. The van der Waals surface area contributed by atoms with E-state index in [1.54, 1.807) is 23.1 Å². The minimum atomic E-state index is -0.461. The third kappa shape index (κ3) is 4.68. The van der Waals surface area contributed by atoms with Crippen molar-refractivity contribution in [3.63, 3.8) is 0 Å². The molecule has 2 N–H and O–H groups in total. The molecule has 0 unspecified atom stereocenters. The molecule has 1 aliphatic carbocycles. The summed E-state index contributed by atoms with van der Waals surface area (Å²) < 4.78 is 20.4. The number of piperazine rings is 1. The summed E-state index contributed by atoms with van der Waals surface area (Å²) in [6.07, 6.45) is 3.68. The molecule has 2 fully saturated rings. The second-order valence-electron chi connectivity index (χ2n) is 10.5. The maximum atomic E-state index is 15.0. The van der Waals surface area contributed by atoms with E-state index >= 15 is 0 Å². The Labute approximate surface area is 227 Å². The molecule has 2 atom stereocenters. The highest BCUT2D eigenvalue weighted by Crippen LogP contribution is 2.39. The van der Waals surface area contributed by atoms with Gasteiger partial charge in [0.2, 0.25) is 0 Å². The van der Waals surface area contributed by atoms with Gasteiger partial charge >= 0.3 is 0 Å². The van der Waals surface area contributed by atoms with Crippen LogP contribution in [0.3, 0.4) is 0 Å². The van der Waals surface area contributed by atoms with Crippen LogP contribution in [0.15, 0.2) is 42.6 Å². The van der Waals surface area contributed by atoms with Gasteiger partial charge in [0.1, 0.15) is 17.4 Å². The van der Waals surface area contributed by atoms with Gasteiger partial charge in [0.05, 0.1) is 42.7 Å². The van der Waals surface area contributed by atoms with E-state index in [-0.39, 0.29) is 24.1 Å². The SMILES string of the molecule is COc1cccc(F)c1-c1nccc2c1CN(c1ccc(N3CCN(C)CC3)c(N[C@@H]3CCC[C@@H]3O)n1)C2=O. The Morgan fingerprint density at radius 1 is 1.10 bits per heavy atom. The fraction of sp³-hybridized carbons (Fsp3) is 0.414. The second-order valence-corrected chi connectivity index (χ2v) is 10.5. The molecular weight excluding hydrogens is 499 g/mol. The summed E-state index contributed by atoms with van der Waals surface area (Å²) in [5.41, 5.74) is 2.70. The Morgan fingerprint density at radius 3 is 2.67 bits per heavy atom. The Balaban J connectivity index is 1.36. The molecule has 0 bridgehead atoms. The number of aromatic nitrogens is 2. The van der Waals surface area contributed by atoms with Crippen LogP contribution in [-0.2, 0) is 6.54 Å². The van der Waals surface area contributed by atoms with Crippen LogP contribution in [0.25, 0.3) is 11.3 Å². The van der Waals surface area contributed by atoms with Gasteiger partial charge in [-0.15, -0.1) is 0 Å². The van der Waals surface area contributed by atoms with Crippen LogP contribution >= 0.6 is 0 Å². The van der Waals surface area contributed by atoms with Crippen LogP contribution in [0, 0.1) is 5.82 Å². The number of aliphatic hydroxyl groups excluding tert-OH is 1. The van der Waals surface area contributed by atoms with E-state index in [1.165, 1.54) is 19.4 Å². The quantitative estimate of drug-likeness (QED) is 0.498. The van der Waals surface area contributed by atoms with Gasteiger partial charge in [-0.25, -0.2) is 9.37 Å². The number of pyridine rings is 2. The molecule has 1 saturated carbocycles. The molecular formula is C29H33FN6O3. The number of methoxy groups -OCH3 is 1. The van der Waals surface area contributed by atoms with Gasteiger partial charge in [0.15, 0.2) is 5.82 Å². The summed E-state index contributed by atoms with van der Waals surface area (Å²) in [4.78, 5) is 29.2. The number of halogens is 1. The monoisotopic (exact) mass is 532 g/mol. The van der Waals surface area contributed by atoms with Crippen molar-refractivity contribution in [3.05, 3.63) is 59.5 Å². The van der Waals surface area contributed by atoms with Crippen LogP contribution in [0.2, 0.25) is 0 Å². The summed E-state index contributed by atoms with van der Waals surface area (Å²) in [7, 11) is 3.60. The third-order valence-corrected chi connectivity index (χ3v) is 8.06. The van der Waals surface area contributed by atoms with Crippen molar-refractivity contribution >= 4 is 23.2 Å². The highest BCUT2D eigenvalue weighted by molar-refractivity contribution is 6.10. The Morgan fingerprint density at radius 2 is 1.92 bits per heavy atom. The fourth-order valence-corrected chi connectivity index (χ4v) is 5.82. The van der Waals surface area contributed by atoms with E-state index < -0.39 is 11.9 Å². The van der Waals surface area contributed by atoms with Crippen molar-refractivity contribution in [2.75, 3.05) is 55.5 Å². The van der Waals surface area contributed by atoms with Crippen LogP contribution in [0.4, 0.5) is 21.7 Å². The number of nitrogens with zero attached hydrogens (tertiary/aromatic N) is 5. The Bertz CT molecular complexity index is 1390. The minimum Gasteiger partial charge on any atom is -0.496 e. The van der Waals surface area contributed by atoms with Crippen molar-refractivity contribution in [1.82, 2.24) is 14.9 Å². The lowest BCUT2D eigenvalue weighted by molar-refractivity contribution is 0.0996. The normalized spacial score (nSPS) is 21.4. The molecule has 10 heteroatoms. The van der Waals surface area contributed by atoms with Crippen LogP contribution < -0.4 is 19.9 Å². The number of anilines is 3. The Kier molecular flexibility index (Phi) is 6.82. The van der Waals surface area contributed by atoms with Crippen molar-refractivity contribution < 1.29 is 19.0 Å². The zero-order chi connectivity index (χ0) is 27.1. The van der Waals surface area contributed by atoms with E-state index in [1.807, 2.05) is 12.1 Å². The number of nitrogens with one attached hydrogen (secondary N) is 1. The number of carbonyl (C=O) groups excluding carboxylic acids is 1. The molecule has 4 heterocycles. The molecule has 2 aromatic heterocycles. The number of aliphatic hydroxyl groups is 1. The van der Waals surface area contributed by atoms with E-state index in [4.69, 9.17) is 9.72 Å². The average molecular weight is 533 g/mol. The summed E-state index contributed by atoms with van der Waals surface area (Å²) in [6.45, 7) is 3.84. The first kappa shape index (κ1) is 25.5. The fourth-order valence-electron chi connectivity index (χ4n) is 5.82. The molecule has 204 valence electrons. The molecule has 9 nitrogen and oxygen atoms in total. The molecule has 1 amide bonds. The topological polar surface area (TPSA) is 94.1 Å². The molecule has 3 aliphatic rings. The molecule has 6 rings (SSSR count). The van der Waals surface area contributed by atoms with Gasteiger partial charge in [-0.2, -0.15) is 0 Å². The summed E-state index contributed by atoms with van der Waals surface area (Å²) in [5.74, 6) is 0.850. The van der Waals surface area contributed by atoms with Crippen molar-refractivity contribution in [1.29, 1.82) is 0 Å². The predicted molar refractivity (Wildman–Crippen MR) is 148 cm³/mol. The summed E-state index contributed by atoms with van der Waals surface area (Å²) in [6, 6.07) is 10.1. The first-order valence-corrected chi connectivity index (χ1v) is 13.5.